The van der Waals surface area contributed by atoms with Crippen molar-refractivity contribution in [1.29, 1.82) is 0 Å². The van der Waals surface area contributed by atoms with Crippen molar-refractivity contribution in [2.75, 3.05) is 12.4 Å². The second-order valence-electron chi connectivity index (χ2n) is 4.03. The van der Waals surface area contributed by atoms with Crippen LogP contribution in [0.15, 0.2) is 5.16 Å². The molecule has 9 heteroatoms. The number of halogens is 3. The predicted molar refractivity (Wildman–Crippen MR) is 58.2 cm³/mol. The van der Waals surface area contributed by atoms with Crippen LogP contribution < -0.4 is 0 Å². The van der Waals surface area contributed by atoms with Gasteiger partial charge in [-0.05, 0) is 29.7 Å². The Morgan fingerprint density at radius 1 is 1.39 bits per heavy atom. The minimum Gasteiger partial charge on any atom is -0.377 e. The van der Waals surface area contributed by atoms with Crippen molar-refractivity contribution < 1.29 is 17.9 Å². The summed E-state index contributed by atoms with van der Waals surface area (Å²) in [6.07, 6.45) is -1.15. The van der Waals surface area contributed by atoms with Gasteiger partial charge in [0.25, 0.3) is 0 Å². The maximum atomic E-state index is 12.2. The number of ether oxygens (including phenoxy) is 1. The molecule has 0 spiro atoms. The summed E-state index contributed by atoms with van der Waals surface area (Å²) in [6.45, 7) is -0.438. The van der Waals surface area contributed by atoms with E-state index in [1.54, 1.807) is 0 Å². The second-order valence-corrected chi connectivity index (χ2v) is 5.02. The summed E-state index contributed by atoms with van der Waals surface area (Å²) in [5.41, 5.74) is 0. The number of rotatable bonds is 4. The third-order valence-electron chi connectivity index (χ3n) is 2.50. The van der Waals surface area contributed by atoms with Crippen LogP contribution in [0.5, 0.6) is 0 Å². The van der Waals surface area contributed by atoms with Crippen molar-refractivity contribution in [1.82, 2.24) is 20.2 Å². The average molecular weight is 282 g/mol. The van der Waals surface area contributed by atoms with Crippen LogP contribution in [0.1, 0.15) is 19.3 Å². The molecule has 1 unspecified atom stereocenters. The van der Waals surface area contributed by atoms with E-state index < -0.39 is 12.7 Å². The molecule has 18 heavy (non-hydrogen) atoms. The first-order valence-corrected chi connectivity index (χ1v) is 6.60. The molecule has 1 aliphatic rings. The molecule has 102 valence electrons. The monoisotopic (exact) mass is 282 g/mol. The van der Waals surface area contributed by atoms with E-state index in [0.717, 1.165) is 30.6 Å². The fourth-order valence-corrected chi connectivity index (χ4v) is 2.62. The van der Waals surface area contributed by atoms with Crippen molar-refractivity contribution in [3.8, 4) is 0 Å². The highest BCUT2D eigenvalue weighted by Crippen LogP contribution is 2.24. The molecule has 1 fully saturated rings. The fraction of sp³-hybridized carbons (Fsp3) is 0.889. The van der Waals surface area contributed by atoms with Crippen LogP contribution in [0.4, 0.5) is 13.2 Å². The van der Waals surface area contributed by atoms with E-state index in [9.17, 15) is 13.2 Å². The molecule has 0 bridgehead atoms. The molecule has 2 heterocycles. The second kappa shape index (κ2) is 5.87. The van der Waals surface area contributed by atoms with Crippen LogP contribution in [-0.4, -0.2) is 44.8 Å². The number of tetrazole rings is 1. The Balaban J connectivity index is 1.87. The van der Waals surface area contributed by atoms with Crippen LogP contribution in [0.25, 0.3) is 0 Å². The third kappa shape index (κ3) is 4.13. The van der Waals surface area contributed by atoms with Gasteiger partial charge in [-0.2, -0.15) is 13.2 Å². The molecular formula is C9H13F3N4OS. The molecule has 0 saturated carbocycles. The lowest BCUT2D eigenvalue weighted by atomic mass is 10.1. The summed E-state index contributed by atoms with van der Waals surface area (Å²) in [7, 11) is 0. The lowest BCUT2D eigenvalue weighted by Crippen LogP contribution is -2.22. The Morgan fingerprint density at radius 3 is 2.89 bits per heavy atom. The zero-order valence-electron chi connectivity index (χ0n) is 9.56. The normalized spacial score (nSPS) is 21.2. The van der Waals surface area contributed by atoms with E-state index >= 15 is 0 Å². The predicted octanol–water partition coefficient (Wildman–Crippen LogP) is 1.90. The number of aromatic nitrogens is 4. The molecule has 0 amide bonds. The van der Waals surface area contributed by atoms with Crippen LogP contribution in [-0.2, 0) is 11.3 Å². The van der Waals surface area contributed by atoms with Crippen molar-refractivity contribution in [2.45, 2.75) is 43.2 Å². The number of thioether (sulfide) groups is 1. The Labute approximate surface area is 106 Å². The lowest BCUT2D eigenvalue weighted by molar-refractivity contribution is -0.144. The standard InChI is InChI=1S/C9H13F3N4OS/c10-9(11,12)6-16-8(13-14-15-16)18-5-7-3-1-2-4-17-7/h7H,1-6H2. The summed E-state index contributed by atoms with van der Waals surface area (Å²) >= 11 is 1.20. The Bertz CT molecular complexity index is 378. The van der Waals surface area contributed by atoms with Crippen molar-refractivity contribution in [3.05, 3.63) is 0 Å². The number of hydrogen-bond acceptors (Lipinski definition) is 5. The lowest BCUT2D eigenvalue weighted by Gasteiger charge is -2.21. The van der Waals surface area contributed by atoms with Crippen LogP contribution in [0.2, 0.25) is 0 Å². The summed E-state index contributed by atoms with van der Waals surface area (Å²) in [6, 6.07) is 0. The van der Waals surface area contributed by atoms with E-state index in [-0.39, 0.29) is 11.3 Å². The highest BCUT2D eigenvalue weighted by Gasteiger charge is 2.30. The highest BCUT2D eigenvalue weighted by atomic mass is 32.2. The topological polar surface area (TPSA) is 52.8 Å². The van der Waals surface area contributed by atoms with Gasteiger partial charge in [-0.1, -0.05) is 11.8 Å². The summed E-state index contributed by atoms with van der Waals surface area (Å²) < 4.78 is 43.0. The largest absolute Gasteiger partial charge is 0.408 e. The van der Waals surface area contributed by atoms with Gasteiger partial charge in [0.15, 0.2) is 0 Å². The molecule has 1 atom stereocenters. The number of nitrogens with zero attached hydrogens (tertiary/aromatic N) is 4. The Kier molecular flexibility index (Phi) is 4.44. The maximum Gasteiger partial charge on any atom is 0.408 e. The van der Waals surface area contributed by atoms with Crippen LogP contribution in [0.3, 0.4) is 0 Å². The van der Waals surface area contributed by atoms with Crippen molar-refractivity contribution in [3.63, 3.8) is 0 Å². The van der Waals surface area contributed by atoms with Gasteiger partial charge in [0, 0.05) is 12.4 Å². The quantitative estimate of drug-likeness (QED) is 0.789. The summed E-state index contributed by atoms with van der Waals surface area (Å²) in [5, 5.41) is 10.4. The SMILES string of the molecule is FC(F)(F)Cn1nnnc1SCC1CCCCO1. The minimum atomic E-state index is -4.31. The molecule has 0 aliphatic carbocycles. The fourth-order valence-electron chi connectivity index (χ4n) is 1.68. The van der Waals surface area contributed by atoms with Gasteiger partial charge in [-0.3, -0.25) is 0 Å². The number of hydrogen-bond donors (Lipinski definition) is 0. The highest BCUT2D eigenvalue weighted by molar-refractivity contribution is 7.99. The first-order valence-electron chi connectivity index (χ1n) is 5.62. The zero-order chi connectivity index (χ0) is 13.0. The molecular weight excluding hydrogens is 269 g/mol. The van der Waals surface area contributed by atoms with E-state index in [1.165, 1.54) is 11.8 Å². The van der Waals surface area contributed by atoms with Gasteiger partial charge in [-0.25, -0.2) is 4.68 Å². The molecule has 2 rings (SSSR count). The Morgan fingerprint density at radius 2 is 2.22 bits per heavy atom. The van der Waals surface area contributed by atoms with E-state index in [1.807, 2.05) is 0 Å². The van der Waals surface area contributed by atoms with Gasteiger partial charge < -0.3 is 4.74 Å². The van der Waals surface area contributed by atoms with Crippen molar-refractivity contribution in [2.24, 2.45) is 0 Å². The smallest absolute Gasteiger partial charge is 0.377 e. The van der Waals surface area contributed by atoms with Gasteiger partial charge in [0.05, 0.1) is 6.10 Å². The van der Waals surface area contributed by atoms with Crippen LogP contribution in [0, 0.1) is 0 Å². The van der Waals surface area contributed by atoms with E-state index in [0.29, 0.717) is 5.75 Å². The van der Waals surface area contributed by atoms with E-state index in [4.69, 9.17) is 4.74 Å². The Hall–Kier alpha value is -0.830. The van der Waals surface area contributed by atoms with Crippen LogP contribution >= 0.6 is 11.8 Å². The average Bonchev–Trinajstić information content (AvgIpc) is 2.73. The van der Waals surface area contributed by atoms with Crippen molar-refractivity contribution >= 4 is 11.8 Å². The molecule has 0 radical (unpaired) electrons. The first-order chi connectivity index (χ1) is 8.54. The summed E-state index contributed by atoms with van der Waals surface area (Å²) in [4.78, 5) is 0. The molecule has 1 saturated heterocycles. The molecule has 1 aromatic heterocycles. The third-order valence-corrected chi connectivity index (χ3v) is 3.59. The van der Waals surface area contributed by atoms with Gasteiger partial charge in [0.1, 0.15) is 6.54 Å². The molecule has 0 N–H and O–H groups in total. The number of alkyl halides is 3. The summed E-state index contributed by atoms with van der Waals surface area (Å²) in [5.74, 6) is 0.582. The zero-order valence-corrected chi connectivity index (χ0v) is 10.4. The molecule has 5 nitrogen and oxygen atoms in total. The van der Waals surface area contributed by atoms with Gasteiger partial charge >= 0.3 is 6.18 Å². The molecule has 1 aliphatic heterocycles. The van der Waals surface area contributed by atoms with Gasteiger partial charge in [0.2, 0.25) is 5.16 Å². The maximum absolute atomic E-state index is 12.2. The minimum absolute atomic E-state index is 0.0831. The first kappa shape index (κ1) is 13.6. The van der Waals surface area contributed by atoms with E-state index in [2.05, 4.69) is 15.5 Å². The molecule has 1 aromatic rings. The molecule has 0 aromatic carbocycles. The van der Waals surface area contributed by atoms with Gasteiger partial charge in [-0.15, -0.1) is 5.10 Å².